The Bertz CT molecular complexity index is 1220. The molecule has 0 unspecified atom stereocenters. The number of rotatable bonds is 3. The molecule has 1 amide bonds. The van der Waals surface area contributed by atoms with Crippen LogP contribution in [0.1, 0.15) is 5.56 Å². The van der Waals surface area contributed by atoms with Gasteiger partial charge in [-0.15, -0.1) is 0 Å². The van der Waals surface area contributed by atoms with Crippen LogP contribution in [-0.4, -0.2) is 5.91 Å². The minimum Gasteiger partial charge on any atom is -0.321 e. The lowest BCUT2D eigenvalue weighted by molar-refractivity contribution is -0.112. The summed E-state index contributed by atoms with van der Waals surface area (Å²) in [7, 11) is 0. The molecular formula is C24H16N2O. The van der Waals surface area contributed by atoms with E-state index in [1.165, 1.54) is 0 Å². The molecule has 128 valence electrons. The van der Waals surface area contributed by atoms with E-state index >= 15 is 0 Å². The van der Waals surface area contributed by atoms with Crippen molar-refractivity contribution in [1.29, 1.82) is 5.26 Å². The Kier molecular flexibility index (Phi) is 4.38. The fraction of sp³-hybridized carbons (Fsp3) is 0. The topological polar surface area (TPSA) is 52.9 Å². The van der Waals surface area contributed by atoms with Crippen molar-refractivity contribution in [2.75, 3.05) is 5.32 Å². The normalized spacial score (nSPS) is 11.3. The van der Waals surface area contributed by atoms with E-state index in [1.54, 1.807) is 6.08 Å². The van der Waals surface area contributed by atoms with Crippen LogP contribution in [0.3, 0.4) is 0 Å². The van der Waals surface area contributed by atoms with E-state index in [9.17, 15) is 10.1 Å². The highest BCUT2D eigenvalue weighted by Crippen LogP contribution is 2.24. The third kappa shape index (κ3) is 3.29. The summed E-state index contributed by atoms with van der Waals surface area (Å²) in [6.45, 7) is 0. The third-order valence-electron chi connectivity index (χ3n) is 4.53. The molecule has 4 rings (SSSR count). The first-order valence-electron chi connectivity index (χ1n) is 8.65. The average Bonchev–Trinajstić information content (AvgIpc) is 2.72. The molecular weight excluding hydrogens is 332 g/mol. The van der Waals surface area contributed by atoms with Crippen LogP contribution >= 0.6 is 0 Å². The summed E-state index contributed by atoms with van der Waals surface area (Å²) in [6.07, 6.45) is 1.64. The molecule has 0 aliphatic heterocycles. The number of hydrogen-bond donors (Lipinski definition) is 1. The first-order valence-corrected chi connectivity index (χ1v) is 8.65. The molecule has 27 heavy (non-hydrogen) atoms. The molecule has 3 nitrogen and oxygen atoms in total. The maximum absolute atomic E-state index is 12.7. The van der Waals surface area contributed by atoms with Crippen molar-refractivity contribution in [1.82, 2.24) is 0 Å². The Labute approximate surface area is 157 Å². The number of amides is 1. The first kappa shape index (κ1) is 16.6. The molecule has 4 aromatic rings. The van der Waals surface area contributed by atoms with Gasteiger partial charge in [-0.25, -0.2) is 0 Å². The van der Waals surface area contributed by atoms with E-state index < -0.39 is 5.91 Å². The lowest BCUT2D eigenvalue weighted by Crippen LogP contribution is -2.13. The maximum Gasteiger partial charge on any atom is 0.266 e. The highest BCUT2D eigenvalue weighted by atomic mass is 16.1. The van der Waals surface area contributed by atoms with E-state index in [1.807, 2.05) is 91.0 Å². The smallest absolute Gasteiger partial charge is 0.266 e. The minimum atomic E-state index is -0.415. The number of benzene rings is 4. The average molecular weight is 348 g/mol. The van der Waals surface area contributed by atoms with Crippen LogP contribution in [0.4, 0.5) is 5.69 Å². The van der Waals surface area contributed by atoms with Crippen LogP contribution in [0.25, 0.3) is 27.6 Å². The summed E-state index contributed by atoms with van der Waals surface area (Å²) >= 11 is 0. The molecule has 0 saturated carbocycles. The zero-order valence-corrected chi connectivity index (χ0v) is 14.5. The van der Waals surface area contributed by atoms with Crippen molar-refractivity contribution in [3.63, 3.8) is 0 Å². The lowest BCUT2D eigenvalue weighted by Gasteiger charge is -2.08. The highest BCUT2D eigenvalue weighted by Gasteiger charge is 2.12. The molecule has 4 aromatic carbocycles. The van der Waals surface area contributed by atoms with Crippen molar-refractivity contribution >= 4 is 39.2 Å². The Morgan fingerprint density at radius 2 is 1.37 bits per heavy atom. The van der Waals surface area contributed by atoms with Crippen molar-refractivity contribution in [2.24, 2.45) is 0 Å². The van der Waals surface area contributed by atoms with Gasteiger partial charge in [-0.1, -0.05) is 78.9 Å². The van der Waals surface area contributed by atoms with Crippen LogP contribution in [-0.2, 0) is 4.79 Å². The lowest BCUT2D eigenvalue weighted by atomic mass is 10.0. The molecule has 0 heterocycles. The van der Waals surface area contributed by atoms with Gasteiger partial charge >= 0.3 is 0 Å². The van der Waals surface area contributed by atoms with E-state index in [4.69, 9.17) is 0 Å². The molecule has 0 fully saturated rings. The SMILES string of the molecule is N#C/C(=C\c1cccc2ccccc12)C(=O)Nc1cccc2ccccc12. The fourth-order valence-electron chi connectivity index (χ4n) is 3.20. The van der Waals surface area contributed by atoms with Gasteiger partial charge in [0.25, 0.3) is 5.91 Å². The number of nitrogens with one attached hydrogen (secondary N) is 1. The molecule has 0 aliphatic rings. The molecule has 1 N–H and O–H groups in total. The Balaban J connectivity index is 1.71. The molecule has 0 bridgehead atoms. The summed E-state index contributed by atoms with van der Waals surface area (Å²) in [6, 6.07) is 29.3. The second-order valence-corrected chi connectivity index (χ2v) is 6.22. The van der Waals surface area contributed by atoms with E-state index in [2.05, 4.69) is 5.32 Å². The fourth-order valence-corrected chi connectivity index (χ4v) is 3.20. The number of hydrogen-bond acceptors (Lipinski definition) is 2. The van der Waals surface area contributed by atoms with Gasteiger partial charge in [-0.2, -0.15) is 5.26 Å². The minimum absolute atomic E-state index is 0.0688. The summed E-state index contributed by atoms with van der Waals surface area (Å²) in [5.74, 6) is -0.415. The maximum atomic E-state index is 12.7. The monoisotopic (exact) mass is 348 g/mol. The van der Waals surface area contributed by atoms with Gasteiger partial charge in [0, 0.05) is 11.1 Å². The van der Waals surface area contributed by atoms with Gasteiger partial charge in [0.2, 0.25) is 0 Å². The second kappa shape index (κ2) is 7.15. The Morgan fingerprint density at radius 1 is 0.778 bits per heavy atom. The van der Waals surface area contributed by atoms with Crippen molar-refractivity contribution in [3.8, 4) is 6.07 Å². The summed E-state index contributed by atoms with van der Waals surface area (Å²) < 4.78 is 0. The Hall–Kier alpha value is -3.90. The largest absolute Gasteiger partial charge is 0.321 e. The summed E-state index contributed by atoms with van der Waals surface area (Å²) in [4.78, 5) is 12.7. The van der Waals surface area contributed by atoms with E-state index in [0.29, 0.717) is 5.69 Å². The van der Waals surface area contributed by atoms with Crippen molar-refractivity contribution < 1.29 is 4.79 Å². The number of anilines is 1. The number of carbonyl (C=O) groups excluding carboxylic acids is 1. The summed E-state index contributed by atoms with van der Waals surface area (Å²) in [5.41, 5.74) is 1.61. The van der Waals surface area contributed by atoms with Crippen LogP contribution in [0.2, 0.25) is 0 Å². The molecule has 3 heteroatoms. The molecule has 0 atom stereocenters. The van der Waals surface area contributed by atoms with Crippen molar-refractivity contribution in [2.45, 2.75) is 0 Å². The molecule has 0 saturated heterocycles. The number of fused-ring (bicyclic) bond motifs is 2. The third-order valence-corrected chi connectivity index (χ3v) is 4.53. The van der Waals surface area contributed by atoms with Gasteiger partial charge in [0.05, 0.1) is 0 Å². The van der Waals surface area contributed by atoms with Gasteiger partial charge < -0.3 is 5.32 Å². The van der Waals surface area contributed by atoms with Gasteiger partial charge in [-0.3, -0.25) is 4.79 Å². The Morgan fingerprint density at radius 3 is 2.11 bits per heavy atom. The summed E-state index contributed by atoms with van der Waals surface area (Å²) in [5, 5.41) is 16.5. The molecule has 0 aromatic heterocycles. The van der Waals surface area contributed by atoms with Gasteiger partial charge in [0.15, 0.2) is 0 Å². The number of nitriles is 1. The first-order chi connectivity index (χ1) is 13.3. The highest BCUT2D eigenvalue weighted by molar-refractivity contribution is 6.13. The predicted molar refractivity (Wildman–Crippen MR) is 110 cm³/mol. The molecule has 0 spiro atoms. The standard InChI is InChI=1S/C24H16N2O/c25-16-20(15-19-11-5-9-17-7-1-3-12-21(17)19)24(27)26-23-14-6-10-18-8-2-4-13-22(18)23/h1-15H,(H,26,27)/b20-15+. The van der Waals surface area contributed by atoms with Crippen LogP contribution in [0, 0.1) is 11.3 Å². The predicted octanol–water partition coefficient (Wildman–Crippen LogP) is 5.54. The van der Waals surface area contributed by atoms with E-state index in [0.717, 1.165) is 27.1 Å². The number of carbonyl (C=O) groups is 1. The number of nitrogens with zero attached hydrogens (tertiary/aromatic N) is 1. The second-order valence-electron chi connectivity index (χ2n) is 6.22. The van der Waals surface area contributed by atoms with Crippen LogP contribution in [0.15, 0.2) is 90.5 Å². The van der Waals surface area contributed by atoms with Crippen LogP contribution < -0.4 is 5.32 Å². The van der Waals surface area contributed by atoms with Gasteiger partial charge in [-0.05, 0) is 33.9 Å². The zero-order valence-electron chi connectivity index (χ0n) is 14.5. The molecule has 0 radical (unpaired) electrons. The van der Waals surface area contributed by atoms with Crippen LogP contribution in [0.5, 0.6) is 0 Å². The quantitative estimate of drug-likeness (QED) is 0.390. The van der Waals surface area contributed by atoms with Crippen molar-refractivity contribution in [3.05, 3.63) is 96.1 Å². The van der Waals surface area contributed by atoms with Gasteiger partial charge in [0.1, 0.15) is 11.6 Å². The zero-order chi connectivity index (χ0) is 18.6. The molecule has 0 aliphatic carbocycles. The van der Waals surface area contributed by atoms with E-state index in [-0.39, 0.29) is 5.57 Å².